The zero-order valence-corrected chi connectivity index (χ0v) is 16.3. The van der Waals surface area contributed by atoms with Crippen LogP contribution in [0.2, 0.25) is 0 Å². The summed E-state index contributed by atoms with van der Waals surface area (Å²) in [6.45, 7) is 12.9. The fourth-order valence-electron chi connectivity index (χ4n) is 3.28. The van der Waals surface area contributed by atoms with Crippen LogP contribution in [0.4, 0.5) is 0 Å². The molecule has 1 aromatic heterocycles. The first-order chi connectivity index (χ1) is 8.73. The molecule has 1 aromatic rings. The first kappa shape index (κ1) is 16.0. The van der Waals surface area contributed by atoms with Gasteiger partial charge in [-0.2, -0.15) is 0 Å². The summed E-state index contributed by atoms with van der Waals surface area (Å²) >= 11 is 9.09. The molecule has 1 fully saturated rings. The highest BCUT2D eigenvalue weighted by atomic mass is 79.9. The maximum Gasteiger partial charge on any atom is 0.0843 e. The summed E-state index contributed by atoms with van der Waals surface area (Å²) in [5, 5.41) is 3.77. The molecule has 0 bridgehead atoms. The topological polar surface area (TPSA) is 12.0 Å². The van der Waals surface area contributed by atoms with Crippen LogP contribution >= 0.6 is 43.2 Å². The molecule has 1 N–H and O–H groups in total. The van der Waals surface area contributed by atoms with Gasteiger partial charge in [0, 0.05) is 15.4 Å². The van der Waals surface area contributed by atoms with Gasteiger partial charge in [-0.05, 0) is 67.6 Å². The van der Waals surface area contributed by atoms with Crippen molar-refractivity contribution in [1.82, 2.24) is 5.32 Å². The fourth-order valence-corrected chi connectivity index (χ4v) is 5.48. The average Bonchev–Trinajstić information content (AvgIpc) is 2.57. The lowest BCUT2D eigenvalue weighted by Crippen LogP contribution is -2.25. The van der Waals surface area contributed by atoms with Crippen molar-refractivity contribution >= 4 is 43.2 Å². The highest BCUT2D eigenvalue weighted by molar-refractivity contribution is 9.13. The van der Waals surface area contributed by atoms with Gasteiger partial charge >= 0.3 is 0 Å². The molecule has 0 radical (unpaired) electrons. The lowest BCUT2D eigenvalue weighted by Gasteiger charge is -2.19. The van der Waals surface area contributed by atoms with Crippen LogP contribution in [0.3, 0.4) is 0 Å². The number of hydrogen-bond acceptors (Lipinski definition) is 2. The Hall–Kier alpha value is 0.620. The Labute approximate surface area is 137 Å². The molecule has 1 atom stereocenters. The van der Waals surface area contributed by atoms with E-state index in [1.807, 2.05) is 11.3 Å². The van der Waals surface area contributed by atoms with Crippen molar-refractivity contribution in [3.63, 3.8) is 0 Å². The Balaban J connectivity index is 2.28. The van der Waals surface area contributed by atoms with E-state index < -0.39 is 0 Å². The summed E-state index contributed by atoms with van der Waals surface area (Å²) in [6, 6.07) is 2.74. The number of hydrogen-bond donors (Lipinski definition) is 1. The third kappa shape index (κ3) is 2.70. The van der Waals surface area contributed by atoms with Gasteiger partial charge in [0.05, 0.1) is 3.79 Å². The molecule has 1 aliphatic rings. The van der Waals surface area contributed by atoms with Gasteiger partial charge in [0.25, 0.3) is 0 Å². The lowest BCUT2D eigenvalue weighted by molar-refractivity contribution is 0.415. The van der Waals surface area contributed by atoms with Crippen molar-refractivity contribution in [2.75, 3.05) is 6.54 Å². The molecule has 2 rings (SSSR count). The molecular formula is C15H23Br2NS. The zero-order chi connectivity index (χ0) is 14.4. The molecular weight excluding hydrogens is 386 g/mol. The van der Waals surface area contributed by atoms with Crippen LogP contribution in [-0.4, -0.2) is 6.54 Å². The van der Waals surface area contributed by atoms with Crippen molar-refractivity contribution in [3.05, 3.63) is 19.2 Å². The van der Waals surface area contributed by atoms with E-state index >= 15 is 0 Å². The first-order valence-electron chi connectivity index (χ1n) is 6.91. The van der Waals surface area contributed by atoms with Crippen LogP contribution < -0.4 is 5.32 Å². The van der Waals surface area contributed by atoms with E-state index in [9.17, 15) is 0 Å². The van der Waals surface area contributed by atoms with Crippen molar-refractivity contribution in [1.29, 1.82) is 0 Å². The summed E-state index contributed by atoms with van der Waals surface area (Å²) in [7, 11) is 0. The Morgan fingerprint density at radius 2 is 1.84 bits per heavy atom. The second-order valence-electron chi connectivity index (χ2n) is 6.62. The first-order valence-corrected chi connectivity index (χ1v) is 9.31. The van der Waals surface area contributed by atoms with Gasteiger partial charge in [-0.15, -0.1) is 11.3 Å². The van der Waals surface area contributed by atoms with Crippen LogP contribution in [0.15, 0.2) is 14.3 Å². The smallest absolute Gasteiger partial charge is 0.0843 e. The molecule has 108 valence electrons. The van der Waals surface area contributed by atoms with Crippen LogP contribution in [0, 0.1) is 16.7 Å². The molecule has 1 unspecified atom stereocenters. The third-order valence-corrected chi connectivity index (χ3v) is 8.39. The van der Waals surface area contributed by atoms with E-state index in [0.717, 1.165) is 6.54 Å². The summed E-state index contributed by atoms with van der Waals surface area (Å²) in [5.41, 5.74) is 0.808. The van der Waals surface area contributed by atoms with E-state index in [-0.39, 0.29) is 0 Å². The molecule has 19 heavy (non-hydrogen) atoms. The molecule has 1 heterocycles. The maximum absolute atomic E-state index is 3.77. The molecule has 1 saturated carbocycles. The van der Waals surface area contributed by atoms with Gasteiger partial charge in [-0.1, -0.05) is 34.6 Å². The van der Waals surface area contributed by atoms with Crippen LogP contribution in [-0.2, 0) is 0 Å². The van der Waals surface area contributed by atoms with Gasteiger partial charge in [-0.25, -0.2) is 0 Å². The molecule has 4 heteroatoms. The molecule has 1 aliphatic carbocycles. The summed E-state index contributed by atoms with van der Waals surface area (Å²) < 4.78 is 2.37. The highest BCUT2D eigenvalue weighted by Crippen LogP contribution is 2.72. The largest absolute Gasteiger partial charge is 0.309 e. The molecule has 0 spiro atoms. The minimum Gasteiger partial charge on any atom is -0.309 e. The lowest BCUT2D eigenvalue weighted by atomic mass is 10.0. The van der Waals surface area contributed by atoms with Crippen molar-refractivity contribution in [2.45, 2.75) is 47.1 Å². The van der Waals surface area contributed by atoms with Gasteiger partial charge in [0.2, 0.25) is 0 Å². The van der Waals surface area contributed by atoms with Gasteiger partial charge in [0.1, 0.15) is 0 Å². The fraction of sp³-hybridized carbons (Fsp3) is 0.733. The van der Waals surface area contributed by atoms with Crippen LogP contribution in [0.5, 0.6) is 0 Å². The normalized spacial score (nSPS) is 22.5. The summed E-state index contributed by atoms with van der Waals surface area (Å²) in [6.07, 6.45) is 1.18. The number of nitrogens with one attached hydrogen (secondary N) is 1. The Bertz CT molecular complexity index is 431. The summed E-state index contributed by atoms with van der Waals surface area (Å²) in [5.74, 6) is 0.698. The molecule has 0 amide bonds. The maximum atomic E-state index is 3.77. The van der Waals surface area contributed by atoms with E-state index in [1.165, 1.54) is 19.6 Å². The van der Waals surface area contributed by atoms with E-state index in [2.05, 4.69) is 77.9 Å². The predicted octanol–water partition coefficient (Wildman–Crippen LogP) is 6.00. The second-order valence-corrected chi connectivity index (χ2v) is 9.88. The highest BCUT2D eigenvalue weighted by Gasteiger charge is 2.67. The Kier molecular flexibility index (Phi) is 4.57. The predicted molar refractivity (Wildman–Crippen MR) is 91.8 cm³/mol. The standard InChI is InChI=1S/C15H23Br2NS/c1-6-7-18-11(10-8-9(16)13(17)19-10)12-14(2,3)15(12,4)5/h8,11-12,18H,6-7H2,1-5H3. The summed E-state index contributed by atoms with van der Waals surface area (Å²) in [4.78, 5) is 1.44. The Morgan fingerprint density at radius 3 is 2.21 bits per heavy atom. The molecule has 1 nitrogen and oxygen atoms in total. The zero-order valence-electron chi connectivity index (χ0n) is 12.3. The molecule has 0 aromatic carbocycles. The monoisotopic (exact) mass is 407 g/mol. The minimum atomic E-state index is 0.404. The van der Waals surface area contributed by atoms with Gasteiger partial charge in [-0.3, -0.25) is 0 Å². The van der Waals surface area contributed by atoms with Gasteiger partial charge < -0.3 is 5.32 Å². The number of rotatable bonds is 5. The second kappa shape index (κ2) is 5.43. The van der Waals surface area contributed by atoms with E-state index in [1.54, 1.807) is 0 Å². The third-order valence-electron chi connectivity index (χ3n) is 5.05. The molecule has 0 aliphatic heterocycles. The Morgan fingerprint density at radius 1 is 1.26 bits per heavy atom. The minimum absolute atomic E-state index is 0.404. The van der Waals surface area contributed by atoms with Crippen LogP contribution in [0.25, 0.3) is 0 Å². The van der Waals surface area contributed by atoms with Crippen molar-refractivity contribution in [3.8, 4) is 0 Å². The van der Waals surface area contributed by atoms with E-state index in [0.29, 0.717) is 22.8 Å². The average molecular weight is 409 g/mol. The number of halogens is 2. The molecule has 0 saturated heterocycles. The SMILES string of the molecule is CCCNC(c1cc(Br)c(Br)s1)C1C(C)(C)C1(C)C. The quantitative estimate of drug-likeness (QED) is 0.630. The van der Waals surface area contributed by atoms with Crippen molar-refractivity contribution < 1.29 is 0 Å². The number of thiophene rings is 1. The van der Waals surface area contributed by atoms with Gasteiger partial charge in [0.15, 0.2) is 0 Å². The van der Waals surface area contributed by atoms with Crippen molar-refractivity contribution in [2.24, 2.45) is 16.7 Å². The van der Waals surface area contributed by atoms with Crippen LogP contribution in [0.1, 0.15) is 52.0 Å². The van der Waals surface area contributed by atoms with E-state index in [4.69, 9.17) is 0 Å².